The fourth-order valence-corrected chi connectivity index (χ4v) is 2.14. The van der Waals surface area contributed by atoms with Crippen LogP contribution in [0, 0.1) is 15.9 Å². The molecule has 0 atom stereocenters. The van der Waals surface area contributed by atoms with Crippen molar-refractivity contribution in [2.75, 3.05) is 0 Å². The third-order valence-corrected chi connectivity index (χ3v) is 3.39. The topological polar surface area (TPSA) is 72.6 Å². The van der Waals surface area contributed by atoms with E-state index in [4.69, 9.17) is 9.84 Å². The van der Waals surface area contributed by atoms with Gasteiger partial charge in [0, 0.05) is 6.07 Å². The van der Waals surface area contributed by atoms with Gasteiger partial charge in [-0.05, 0) is 51.3 Å². The van der Waals surface area contributed by atoms with Crippen LogP contribution in [0.1, 0.15) is 11.1 Å². The summed E-state index contributed by atoms with van der Waals surface area (Å²) in [5.41, 5.74) is 0.983. The van der Waals surface area contributed by atoms with E-state index in [-0.39, 0.29) is 24.7 Å². The van der Waals surface area contributed by atoms with Crippen molar-refractivity contribution in [1.82, 2.24) is 0 Å². The van der Waals surface area contributed by atoms with Gasteiger partial charge < -0.3 is 9.84 Å². The van der Waals surface area contributed by atoms with E-state index >= 15 is 0 Å². The van der Waals surface area contributed by atoms with Crippen LogP contribution >= 0.6 is 15.9 Å². The van der Waals surface area contributed by atoms with Gasteiger partial charge >= 0.3 is 5.69 Å². The van der Waals surface area contributed by atoms with Gasteiger partial charge in [-0.1, -0.05) is 6.07 Å². The van der Waals surface area contributed by atoms with Gasteiger partial charge in [0.2, 0.25) is 0 Å². The minimum atomic E-state index is -0.558. The van der Waals surface area contributed by atoms with Crippen LogP contribution in [0.3, 0.4) is 0 Å². The Kier molecular flexibility index (Phi) is 4.87. The van der Waals surface area contributed by atoms with Crippen molar-refractivity contribution >= 4 is 21.6 Å². The van der Waals surface area contributed by atoms with Crippen LogP contribution in [0.15, 0.2) is 40.9 Å². The fourth-order valence-electron chi connectivity index (χ4n) is 1.71. The predicted octanol–water partition coefficient (Wildman–Crippen LogP) is 3.57. The van der Waals surface area contributed by atoms with Crippen LogP contribution < -0.4 is 4.74 Å². The summed E-state index contributed by atoms with van der Waals surface area (Å²) in [5, 5.41) is 20.0. The van der Waals surface area contributed by atoms with Gasteiger partial charge in [-0.15, -0.1) is 0 Å². The van der Waals surface area contributed by atoms with Crippen molar-refractivity contribution in [2.45, 2.75) is 13.2 Å². The summed E-state index contributed by atoms with van der Waals surface area (Å²) in [6.45, 7) is -0.189. The Bertz CT molecular complexity index is 678. The molecule has 0 aromatic heterocycles. The Labute approximate surface area is 128 Å². The lowest BCUT2D eigenvalue weighted by Gasteiger charge is -2.08. The first kappa shape index (κ1) is 15.4. The quantitative estimate of drug-likeness (QED) is 0.657. The number of aliphatic hydroxyl groups excluding tert-OH is 1. The molecule has 7 heteroatoms. The Morgan fingerprint density at radius 3 is 2.57 bits per heavy atom. The van der Waals surface area contributed by atoms with Crippen LogP contribution in [0.4, 0.5) is 10.1 Å². The maximum absolute atomic E-state index is 13.1. The normalized spacial score (nSPS) is 10.4. The summed E-state index contributed by atoms with van der Waals surface area (Å²) in [7, 11) is 0. The molecule has 0 aliphatic rings. The van der Waals surface area contributed by atoms with E-state index in [1.165, 1.54) is 36.4 Å². The molecule has 0 aliphatic heterocycles. The zero-order valence-corrected chi connectivity index (χ0v) is 12.3. The molecule has 0 heterocycles. The molecule has 110 valence electrons. The van der Waals surface area contributed by atoms with Crippen molar-refractivity contribution in [2.24, 2.45) is 0 Å². The molecule has 1 N–H and O–H groups in total. The molecule has 5 nitrogen and oxygen atoms in total. The number of hydrogen-bond acceptors (Lipinski definition) is 4. The van der Waals surface area contributed by atoms with Crippen molar-refractivity contribution in [1.29, 1.82) is 0 Å². The molecule has 0 aliphatic carbocycles. The number of hydrogen-bond donors (Lipinski definition) is 1. The number of rotatable bonds is 5. The third kappa shape index (κ3) is 3.77. The van der Waals surface area contributed by atoms with E-state index < -0.39 is 10.7 Å². The SMILES string of the molecule is O=[N+]([O-])c1ccc(CO)cc1OCc1ccc(F)c(Br)c1. The highest BCUT2D eigenvalue weighted by Crippen LogP contribution is 2.29. The molecule has 0 unspecified atom stereocenters. The van der Waals surface area contributed by atoms with E-state index in [1.807, 2.05) is 0 Å². The number of nitro groups is 1. The summed E-state index contributed by atoms with van der Waals surface area (Å²) >= 11 is 3.06. The lowest BCUT2D eigenvalue weighted by molar-refractivity contribution is -0.386. The second kappa shape index (κ2) is 6.64. The highest BCUT2D eigenvalue weighted by molar-refractivity contribution is 9.10. The van der Waals surface area contributed by atoms with Crippen molar-refractivity contribution in [3.05, 3.63) is 67.9 Å². The number of ether oxygens (including phenoxy) is 1. The molecule has 2 rings (SSSR count). The highest BCUT2D eigenvalue weighted by Gasteiger charge is 2.15. The predicted molar refractivity (Wildman–Crippen MR) is 77.5 cm³/mol. The van der Waals surface area contributed by atoms with Crippen molar-refractivity contribution < 1.29 is 19.2 Å². The Hall–Kier alpha value is -1.99. The molecule has 0 fully saturated rings. The average molecular weight is 356 g/mol. The molecule has 0 spiro atoms. The standard InChI is InChI=1S/C14H11BrFNO4/c15-11-5-10(1-3-12(11)16)8-21-14-6-9(7-18)2-4-13(14)17(19)20/h1-6,18H,7-8H2. The number of halogens is 2. The molecule has 2 aromatic carbocycles. The maximum Gasteiger partial charge on any atom is 0.310 e. The summed E-state index contributed by atoms with van der Waals surface area (Å²) in [5.74, 6) is -0.334. The Morgan fingerprint density at radius 2 is 1.95 bits per heavy atom. The second-order valence-electron chi connectivity index (χ2n) is 4.25. The molecular weight excluding hydrogens is 345 g/mol. The maximum atomic E-state index is 13.1. The molecule has 21 heavy (non-hydrogen) atoms. The Morgan fingerprint density at radius 1 is 1.24 bits per heavy atom. The van der Waals surface area contributed by atoms with E-state index in [0.29, 0.717) is 15.6 Å². The molecular formula is C14H11BrFNO4. The van der Waals surface area contributed by atoms with Crippen LogP contribution in [0.25, 0.3) is 0 Å². The lowest BCUT2D eigenvalue weighted by Crippen LogP contribution is -2.00. The first-order valence-electron chi connectivity index (χ1n) is 5.96. The number of nitro benzene ring substituents is 1. The molecule has 0 radical (unpaired) electrons. The van der Waals surface area contributed by atoms with E-state index in [0.717, 1.165) is 0 Å². The van der Waals surface area contributed by atoms with Crippen LogP contribution in [-0.4, -0.2) is 10.0 Å². The zero-order valence-electron chi connectivity index (χ0n) is 10.8. The molecule has 0 bridgehead atoms. The van der Waals surface area contributed by atoms with Gasteiger partial charge in [0.1, 0.15) is 12.4 Å². The van der Waals surface area contributed by atoms with Crippen LogP contribution in [0.5, 0.6) is 5.75 Å². The number of benzene rings is 2. The fraction of sp³-hybridized carbons (Fsp3) is 0.143. The largest absolute Gasteiger partial charge is 0.482 e. The van der Waals surface area contributed by atoms with Gasteiger partial charge in [0.15, 0.2) is 5.75 Å². The minimum Gasteiger partial charge on any atom is -0.482 e. The number of aliphatic hydroxyl groups is 1. The summed E-state index contributed by atoms with van der Waals surface area (Å²) < 4.78 is 18.8. The monoisotopic (exact) mass is 355 g/mol. The summed E-state index contributed by atoms with van der Waals surface area (Å²) in [6, 6.07) is 8.50. The van der Waals surface area contributed by atoms with E-state index in [1.54, 1.807) is 0 Å². The van der Waals surface area contributed by atoms with Crippen molar-refractivity contribution in [3.8, 4) is 5.75 Å². The first-order chi connectivity index (χ1) is 10.0. The summed E-state index contributed by atoms with van der Waals surface area (Å²) in [4.78, 5) is 10.4. The van der Waals surface area contributed by atoms with E-state index in [2.05, 4.69) is 15.9 Å². The van der Waals surface area contributed by atoms with Crippen LogP contribution in [0.2, 0.25) is 0 Å². The van der Waals surface area contributed by atoms with Gasteiger partial charge in [-0.2, -0.15) is 0 Å². The van der Waals surface area contributed by atoms with Gasteiger partial charge in [-0.3, -0.25) is 10.1 Å². The molecule has 0 saturated carbocycles. The second-order valence-corrected chi connectivity index (χ2v) is 5.11. The molecule has 2 aromatic rings. The van der Waals surface area contributed by atoms with Gasteiger partial charge in [0.25, 0.3) is 0 Å². The third-order valence-electron chi connectivity index (χ3n) is 2.78. The van der Waals surface area contributed by atoms with Crippen molar-refractivity contribution in [3.63, 3.8) is 0 Å². The lowest BCUT2D eigenvalue weighted by atomic mass is 10.2. The smallest absolute Gasteiger partial charge is 0.310 e. The van der Waals surface area contributed by atoms with Gasteiger partial charge in [-0.25, -0.2) is 4.39 Å². The van der Waals surface area contributed by atoms with E-state index in [9.17, 15) is 14.5 Å². The number of nitrogens with zero attached hydrogens (tertiary/aromatic N) is 1. The van der Waals surface area contributed by atoms with Crippen LogP contribution in [-0.2, 0) is 13.2 Å². The zero-order chi connectivity index (χ0) is 15.4. The van der Waals surface area contributed by atoms with Gasteiger partial charge in [0.05, 0.1) is 16.0 Å². The highest BCUT2D eigenvalue weighted by atomic mass is 79.9. The average Bonchev–Trinajstić information content (AvgIpc) is 2.48. The summed E-state index contributed by atoms with van der Waals surface area (Å²) in [6.07, 6.45) is 0. The Balaban J connectivity index is 2.21. The first-order valence-corrected chi connectivity index (χ1v) is 6.75. The molecule has 0 amide bonds. The molecule has 0 saturated heterocycles. The minimum absolute atomic E-state index is 0.0502.